The van der Waals surface area contributed by atoms with E-state index in [9.17, 15) is 9.59 Å². The second-order valence-corrected chi connectivity index (χ2v) is 14.4. The Hall–Kier alpha value is -1.06. The lowest BCUT2D eigenvalue weighted by Crippen LogP contribution is -2.48. The molecule has 4 nitrogen and oxygen atoms in total. The summed E-state index contributed by atoms with van der Waals surface area (Å²) < 4.78 is 0. The van der Waals surface area contributed by atoms with E-state index in [4.69, 9.17) is 0 Å². The van der Waals surface area contributed by atoms with Gasteiger partial charge in [0.1, 0.15) is 0 Å². The number of carbonyl (C=O) groups excluding carboxylic acids is 2. The molecule has 0 radical (unpaired) electrons. The summed E-state index contributed by atoms with van der Waals surface area (Å²) in [6, 6.07) is 0. The molecule has 0 saturated carbocycles. The average Bonchev–Trinajstić information content (AvgIpc) is 2.46. The molecule has 0 aromatic heterocycles. The molecule has 186 valence electrons. The summed E-state index contributed by atoms with van der Waals surface area (Å²) in [5, 5.41) is 0. The van der Waals surface area contributed by atoms with Crippen LogP contribution >= 0.6 is 0 Å². The van der Waals surface area contributed by atoms with Crippen LogP contribution in [0.4, 0.5) is 0 Å². The predicted molar refractivity (Wildman–Crippen MR) is 136 cm³/mol. The van der Waals surface area contributed by atoms with Crippen LogP contribution in [0, 0.1) is 33.0 Å². The zero-order valence-corrected chi connectivity index (χ0v) is 24.2. The van der Waals surface area contributed by atoms with Gasteiger partial charge in [-0.1, -0.05) is 90.0 Å². The summed E-state index contributed by atoms with van der Waals surface area (Å²) in [6.45, 7) is 28.1. The maximum atomic E-state index is 12.4. The normalized spacial score (nSPS) is 15.9. The molecule has 0 fully saturated rings. The molecule has 0 aliphatic heterocycles. The van der Waals surface area contributed by atoms with Crippen molar-refractivity contribution in [2.45, 2.75) is 103 Å². The molecule has 0 aromatic carbocycles. The Morgan fingerprint density at radius 1 is 0.645 bits per heavy atom. The minimum Gasteiger partial charge on any atom is -0.349 e. The summed E-state index contributed by atoms with van der Waals surface area (Å²) in [5.41, 5.74) is 0.0579. The highest BCUT2D eigenvalue weighted by Crippen LogP contribution is 2.47. The Balaban J connectivity index is 0. The second-order valence-electron chi connectivity index (χ2n) is 14.4. The van der Waals surface area contributed by atoms with E-state index in [1.807, 2.05) is 28.2 Å². The largest absolute Gasteiger partial charge is 0.349 e. The SMILES string of the molecule is CN(C)C(=O)C(C)(CC(C)(C)C)C(C)(C)C.CN(C)C(=O)C(CC(C)(C)C)C(C)(C)C. The van der Waals surface area contributed by atoms with Crippen LogP contribution in [0.3, 0.4) is 0 Å². The molecule has 0 heterocycles. The van der Waals surface area contributed by atoms with Crippen molar-refractivity contribution >= 4 is 11.8 Å². The highest BCUT2D eigenvalue weighted by molar-refractivity contribution is 5.82. The summed E-state index contributed by atoms with van der Waals surface area (Å²) in [7, 11) is 7.36. The quantitative estimate of drug-likeness (QED) is 0.486. The van der Waals surface area contributed by atoms with Gasteiger partial charge >= 0.3 is 0 Å². The molecule has 0 bridgehead atoms. The maximum Gasteiger partial charge on any atom is 0.228 e. The molecular formula is C27H56N2O2. The summed E-state index contributed by atoms with van der Waals surface area (Å²) >= 11 is 0. The number of amides is 2. The smallest absolute Gasteiger partial charge is 0.228 e. The zero-order chi connectivity index (χ0) is 25.8. The lowest BCUT2D eigenvalue weighted by molar-refractivity contribution is -0.147. The fraction of sp³-hybridized carbons (Fsp3) is 0.926. The highest BCUT2D eigenvalue weighted by atomic mass is 16.2. The van der Waals surface area contributed by atoms with Crippen LogP contribution in [-0.4, -0.2) is 49.8 Å². The van der Waals surface area contributed by atoms with Crippen molar-refractivity contribution < 1.29 is 9.59 Å². The Labute approximate surface area is 195 Å². The van der Waals surface area contributed by atoms with Crippen LogP contribution < -0.4 is 0 Å². The van der Waals surface area contributed by atoms with Crippen molar-refractivity contribution in [3.8, 4) is 0 Å². The van der Waals surface area contributed by atoms with Gasteiger partial charge in [-0.05, 0) is 34.5 Å². The molecule has 0 aromatic rings. The predicted octanol–water partition coefficient (Wildman–Crippen LogP) is 6.74. The number of hydrogen-bond acceptors (Lipinski definition) is 2. The van der Waals surface area contributed by atoms with E-state index in [1.165, 1.54) is 0 Å². The molecule has 0 spiro atoms. The van der Waals surface area contributed by atoms with Crippen molar-refractivity contribution in [3.05, 3.63) is 0 Å². The van der Waals surface area contributed by atoms with Crippen LogP contribution in [0.1, 0.15) is 103 Å². The molecule has 0 aliphatic carbocycles. The molecule has 0 saturated heterocycles. The molecule has 2 amide bonds. The lowest BCUT2D eigenvalue weighted by atomic mass is 9.60. The van der Waals surface area contributed by atoms with Crippen molar-refractivity contribution in [2.75, 3.05) is 28.2 Å². The Kier molecular flexibility index (Phi) is 11.1. The van der Waals surface area contributed by atoms with Crippen LogP contribution in [0.2, 0.25) is 0 Å². The van der Waals surface area contributed by atoms with Gasteiger partial charge in [0.2, 0.25) is 11.8 Å². The average molecular weight is 441 g/mol. The van der Waals surface area contributed by atoms with E-state index in [-0.39, 0.29) is 44.8 Å². The zero-order valence-electron chi connectivity index (χ0n) is 24.2. The third-order valence-electron chi connectivity index (χ3n) is 6.02. The third kappa shape index (κ3) is 11.4. The molecular weight excluding hydrogens is 384 g/mol. The summed E-state index contributed by atoms with van der Waals surface area (Å²) in [4.78, 5) is 27.9. The van der Waals surface area contributed by atoms with Gasteiger partial charge in [0.05, 0.1) is 5.41 Å². The van der Waals surface area contributed by atoms with Gasteiger partial charge in [-0.25, -0.2) is 0 Å². The Morgan fingerprint density at radius 2 is 1.03 bits per heavy atom. The van der Waals surface area contributed by atoms with Crippen molar-refractivity contribution in [1.29, 1.82) is 0 Å². The van der Waals surface area contributed by atoms with Gasteiger partial charge in [-0.3, -0.25) is 9.59 Å². The van der Waals surface area contributed by atoms with Crippen LogP contribution in [0.15, 0.2) is 0 Å². The first kappa shape index (κ1) is 32.1. The standard InChI is InChI=1S/C14H29NO.C13H27NO/c1-12(2,3)10-14(7,13(4,5)6)11(16)15(8)9;1-12(2,3)9-10(13(4,5)6)11(15)14(7)8/h10H2,1-9H3;10H,9H2,1-8H3. The van der Waals surface area contributed by atoms with Crippen molar-refractivity contribution in [1.82, 2.24) is 9.80 Å². The first-order valence-electron chi connectivity index (χ1n) is 11.7. The summed E-state index contributed by atoms with van der Waals surface area (Å²) in [6.07, 6.45) is 1.84. The monoisotopic (exact) mass is 440 g/mol. The fourth-order valence-corrected chi connectivity index (χ4v) is 3.90. The first-order valence-corrected chi connectivity index (χ1v) is 11.7. The highest BCUT2D eigenvalue weighted by Gasteiger charge is 2.47. The molecule has 0 rings (SSSR count). The van der Waals surface area contributed by atoms with E-state index < -0.39 is 0 Å². The van der Waals surface area contributed by atoms with E-state index in [2.05, 4.69) is 90.0 Å². The molecule has 0 aliphatic rings. The van der Waals surface area contributed by atoms with Gasteiger partial charge in [0, 0.05) is 34.1 Å². The van der Waals surface area contributed by atoms with E-state index in [0.717, 1.165) is 12.8 Å². The van der Waals surface area contributed by atoms with Crippen molar-refractivity contribution in [2.24, 2.45) is 33.0 Å². The molecule has 4 heteroatoms. The topological polar surface area (TPSA) is 40.6 Å². The second kappa shape index (κ2) is 10.7. The van der Waals surface area contributed by atoms with E-state index in [0.29, 0.717) is 0 Å². The van der Waals surface area contributed by atoms with Gasteiger partial charge in [-0.2, -0.15) is 0 Å². The van der Waals surface area contributed by atoms with Gasteiger partial charge in [0.25, 0.3) is 0 Å². The number of rotatable bonds is 4. The van der Waals surface area contributed by atoms with Crippen LogP contribution in [-0.2, 0) is 9.59 Å². The maximum absolute atomic E-state index is 12.4. The minimum absolute atomic E-state index is 0.0262. The van der Waals surface area contributed by atoms with Gasteiger partial charge in [-0.15, -0.1) is 0 Å². The molecule has 31 heavy (non-hydrogen) atoms. The van der Waals surface area contributed by atoms with Gasteiger partial charge in [0.15, 0.2) is 0 Å². The Bertz CT molecular complexity index is 578. The van der Waals surface area contributed by atoms with E-state index in [1.54, 1.807) is 9.80 Å². The minimum atomic E-state index is -0.311. The summed E-state index contributed by atoms with van der Waals surface area (Å²) in [5.74, 6) is 0.583. The Morgan fingerprint density at radius 3 is 1.23 bits per heavy atom. The van der Waals surface area contributed by atoms with E-state index >= 15 is 0 Å². The molecule has 2 atom stereocenters. The fourth-order valence-electron chi connectivity index (χ4n) is 3.90. The molecule has 0 N–H and O–H groups in total. The number of nitrogens with zero attached hydrogens (tertiary/aromatic N) is 2. The molecule has 2 unspecified atom stereocenters. The first-order chi connectivity index (χ1) is 13.3. The number of hydrogen-bond donors (Lipinski definition) is 0. The number of carbonyl (C=O) groups is 2. The van der Waals surface area contributed by atoms with Gasteiger partial charge < -0.3 is 9.80 Å². The van der Waals surface area contributed by atoms with Crippen molar-refractivity contribution in [3.63, 3.8) is 0 Å². The lowest BCUT2D eigenvalue weighted by Gasteiger charge is -2.45. The van der Waals surface area contributed by atoms with Crippen LogP contribution in [0.25, 0.3) is 0 Å². The third-order valence-corrected chi connectivity index (χ3v) is 6.02. The van der Waals surface area contributed by atoms with Crippen LogP contribution in [0.5, 0.6) is 0 Å².